The zero-order chi connectivity index (χ0) is 25.6. The van der Waals surface area contributed by atoms with Crippen molar-refractivity contribution in [2.45, 2.75) is 0 Å². The van der Waals surface area contributed by atoms with Crippen LogP contribution in [-0.2, 0) is 9.53 Å². The Hall–Kier alpha value is -3.98. The van der Waals surface area contributed by atoms with Crippen molar-refractivity contribution in [3.8, 4) is 5.75 Å². The van der Waals surface area contributed by atoms with Gasteiger partial charge in [-0.05, 0) is 48.5 Å². The summed E-state index contributed by atoms with van der Waals surface area (Å²) < 4.78 is 55.7. The zero-order valence-electron chi connectivity index (χ0n) is 20.5. The van der Waals surface area contributed by atoms with E-state index in [9.17, 15) is 9.18 Å². The largest absolute Gasteiger partial charge is 0.491 e. The summed E-state index contributed by atoms with van der Waals surface area (Å²) in [6, 6.07) is 10.5. The smallest absolute Gasteiger partial charge is 0.247 e. The van der Waals surface area contributed by atoms with Crippen LogP contribution < -0.4 is 20.7 Å². The molecule has 0 unspecified atom stereocenters. The fraction of sp³-hybridized carbons (Fsp3) is 0.136. The molecule has 0 atom stereocenters. The Bertz CT molecular complexity index is 1230. The number of nitrogens with one attached hydrogen (secondary N) is 3. The molecule has 1 amide bonds. The van der Waals surface area contributed by atoms with E-state index in [-0.39, 0.29) is 35.9 Å². The van der Waals surface area contributed by atoms with Crippen LogP contribution in [0.2, 0.25) is 0 Å². The Morgan fingerprint density at radius 2 is 2.00 bits per heavy atom. The second-order valence-corrected chi connectivity index (χ2v) is 5.98. The van der Waals surface area contributed by atoms with Crippen molar-refractivity contribution in [1.29, 1.82) is 0 Å². The van der Waals surface area contributed by atoms with Crippen LogP contribution in [0.4, 0.5) is 33.2 Å². The molecule has 0 bridgehead atoms. The molecule has 0 fully saturated rings. The molecule has 0 saturated heterocycles. The van der Waals surface area contributed by atoms with Crippen LogP contribution in [0.15, 0.2) is 67.3 Å². The molecule has 0 saturated carbocycles. The van der Waals surface area contributed by atoms with Gasteiger partial charge in [-0.15, -0.1) is 0 Å². The third kappa shape index (κ3) is 6.51. The molecule has 3 aromatic rings. The molecular formula is C22H22FN5O3. The van der Waals surface area contributed by atoms with Crippen LogP contribution in [0.5, 0.6) is 5.75 Å². The van der Waals surface area contributed by atoms with Gasteiger partial charge in [-0.25, -0.2) is 9.37 Å². The molecule has 9 heteroatoms. The number of amides is 1. The number of hydrogen-bond donors (Lipinski definition) is 3. The van der Waals surface area contributed by atoms with Crippen LogP contribution in [0.1, 0.15) is 5.48 Å². The van der Waals surface area contributed by atoms with Crippen molar-refractivity contribution in [3.05, 3.63) is 73.2 Å². The Labute approximate surface area is 184 Å². The Balaban J connectivity index is 1.79. The SMILES string of the molecule is [2H]c1cc(NC(=O)C=C)cc(Nc2nc(Nc3ccc(OC([2H])([2H])COC)cc3)nc([2H])c2F)c1. The monoisotopic (exact) mass is 427 g/mol. The minimum absolute atomic E-state index is 0.0467. The summed E-state index contributed by atoms with van der Waals surface area (Å²) in [6.45, 7) is 1.11. The van der Waals surface area contributed by atoms with Crippen molar-refractivity contribution in [2.75, 3.05) is 36.2 Å². The molecule has 3 N–H and O–H groups in total. The summed E-state index contributed by atoms with van der Waals surface area (Å²) in [5.74, 6) is -1.61. The van der Waals surface area contributed by atoms with Crippen molar-refractivity contribution in [2.24, 2.45) is 0 Å². The van der Waals surface area contributed by atoms with Gasteiger partial charge in [0.2, 0.25) is 11.9 Å². The van der Waals surface area contributed by atoms with Gasteiger partial charge in [0, 0.05) is 24.2 Å². The normalized spacial score (nSPS) is 12.6. The van der Waals surface area contributed by atoms with Gasteiger partial charge < -0.3 is 25.4 Å². The fourth-order valence-corrected chi connectivity index (χ4v) is 2.33. The molecule has 8 nitrogen and oxygen atoms in total. The highest BCUT2D eigenvalue weighted by Crippen LogP contribution is 2.23. The number of aromatic nitrogens is 2. The van der Waals surface area contributed by atoms with Crippen LogP contribution in [-0.4, -0.2) is 36.2 Å². The maximum absolute atomic E-state index is 14.6. The summed E-state index contributed by atoms with van der Waals surface area (Å²) in [4.78, 5) is 19.4. The predicted molar refractivity (Wildman–Crippen MR) is 118 cm³/mol. The molecule has 0 radical (unpaired) electrons. The Morgan fingerprint density at radius 1 is 1.23 bits per heavy atom. The first-order valence-corrected chi connectivity index (χ1v) is 9.00. The van der Waals surface area contributed by atoms with E-state index in [2.05, 4.69) is 32.5 Å². The van der Waals surface area contributed by atoms with Crippen LogP contribution in [0, 0.1) is 5.82 Å². The lowest BCUT2D eigenvalue weighted by molar-refractivity contribution is -0.111. The number of ether oxygens (including phenoxy) is 2. The molecule has 0 aliphatic rings. The van der Waals surface area contributed by atoms with Gasteiger partial charge in [0.15, 0.2) is 11.6 Å². The molecule has 1 heterocycles. The number of carbonyl (C=O) groups excluding carboxylic acids is 1. The van der Waals surface area contributed by atoms with Gasteiger partial charge in [0.1, 0.15) is 12.3 Å². The first-order valence-electron chi connectivity index (χ1n) is 11.0. The summed E-state index contributed by atoms with van der Waals surface area (Å²) >= 11 is 0. The van der Waals surface area contributed by atoms with E-state index in [0.717, 1.165) is 6.08 Å². The standard InChI is InChI=1S/C22H22FN5O3/c1-3-20(29)25-16-5-4-6-17(13-16)26-21-19(23)14-24-22(28-21)27-15-7-9-18(10-8-15)31-12-11-30-2/h3-10,13-14H,1,11-12H2,2H3,(H,25,29)(H2,24,26,27,28)/i4D,12D2,14D. The highest BCUT2D eigenvalue weighted by atomic mass is 19.1. The van der Waals surface area contributed by atoms with Gasteiger partial charge >= 0.3 is 0 Å². The maximum Gasteiger partial charge on any atom is 0.247 e. The first kappa shape index (κ1) is 16.8. The van der Waals surface area contributed by atoms with Gasteiger partial charge in [-0.2, -0.15) is 4.98 Å². The first-order chi connectivity index (χ1) is 16.6. The summed E-state index contributed by atoms with van der Waals surface area (Å²) in [6.07, 6.45) is 0.409. The quantitative estimate of drug-likeness (QED) is 0.416. The number of benzene rings is 2. The van der Waals surface area contributed by atoms with Gasteiger partial charge in [0.25, 0.3) is 0 Å². The lowest BCUT2D eigenvalue weighted by Gasteiger charge is -2.11. The number of nitrogens with zero attached hydrogens (tertiary/aromatic N) is 2. The number of carbonyl (C=O) groups is 1. The van der Waals surface area contributed by atoms with E-state index in [1.54, 1.807) is 12.1 Å². The van der Waals surface area contributed by atoms with E-state index in [1.807, 2.05) is 0 Å². The number of hydrogen-bond acceptors (Lipinski definition) is 7. The number of rotatable bonds is 10. The Kier molecular flexibility index (Phi) is 5.79. The van der Waals surface area contributed by atoms with E-state index in [4.69, 9.17) is 15.0 Å². The average Bonchev–Trinajstić information content (AvgIpc) is 2.77. The minimum atomic E-state index is -2.00. The van der Waals surface area contributed by atoms with Crippen LogP contribution >= 0.6 is 0 Å². The second-order valence-electron chi connectivity index (χ2n) is 5.98. The van der Waals surface area contributed by atoms with E-state index in [0.29, 0.717) is 11.4 Å². The summed E-state index contributed by atoms with van der Waals surface area (Å²) in [7, 11) is 1.36. The van der Waals surface area contributed by atoms with Gasteiger partial charge in [-0.3, -0.25) is 4.79 Å². The highest BCUT2D eigenvalue weighted by Gasteiger charge is 2.09. The molecule has 0 aliphatic carbocycles. The lowest BCUT2D eigenvalue weighted by atomic mass is 10.2. The van der Waals surface area contributed by atoms with Crippen molar-refractivity contribution >= 4 is 34.7 Å². The zero-order valence-corrected chi connectivity index (χ0v) is 16.5. The predicted octanol–water partition coefficient (Wildman–Crippen LogP) is 4.25. The third-order valence-electron chi connectivity index (χ3n) is 3.69. The van der Waals surface area contributed by atoms with E-state index in [1.165, 1.54) is 37.4 Å². The summed E-state index contributed by atoms with van der Waals surface area (Å²) in [5, 5.41) is 8.06. The average molecular weight is 427 g/mol. The topological polar surface area (TPSA) is 97.4 Å². The van der Waals surface area contributed by atoms with Crippen LogP contribution in [0.3, 0.4) is 0 Å². The van der Waals surface area contributed by atoms with Crippen molar-refractivity contribution in [3.63, 3.8) is 0 Å². The molecule has 1 aromatic heterocycles. The molecule has 31 heavy (non-hydrogen) atoms. The van der Waals surface area contributed by atoms with Crippen molar-refractivity contribution in [1.82, 2.24) is 9.97 Å². The highest BCUT2D eigenvalue weighted by molar-refractivity contribution is 5.99. The van der Waals surface area contributed by atoms with Gasteiger partial charge in [-0.1, -0.05) is 12.6 Å². The molecular weight excluding hydrogens is 401 g/mol. The molecule has 0 aliphatic heterocycles. The molecule has 3 rings (SSSR count). The third-order valence-corrected chi connectivity index (χ3v) is 3.69. The fourth-order valence-electron chi connectivity index (χ4n) is 2.33. The maximum atomic E-state index is 14.6. The van der Waals surface area contributed by atoms with E-state index >= 15 is 0 Å². The number of halogens is 1. The number of methoxy groups -OCH3 is 1. The molecule has 160 valence electrons. The molecule has 2 aromatic carbocycles. The molecule has 0 spiro atoms. The minimum Gasteiger partial charge on any atom is -0.491 e. The number of anilines is 5. The second kappa shape index (κ2) is 10.7. The van der Waals surface area contributed by atoms with Crippen molar-refractivity contribution < 1.29 is 24.1 Å². The Morgan fingerprint density at radius 3 is 2.74 bits per heavy atom. The van der Waals surface area contributed by atoms with Gasteiger partial charge in [0.05, 0.1) is 18.3 Å². The lowest BCUT2D eigenvalue weighted by Crippen LogP contribution is -2.07. The van der Waals surface area contributed by atoms with E-state index < -0.39 is 24.5 Å². The van der Waals surface area contributed by atoms with Crippen LogP contribution in [0.25, 0.3) is 0 Å². The summed E-state index contributed by atoms with van der Waals surface area (Å²) in [5.41, 5.74) is 1.02.